The van der Waals surface area contributed by atoms with Crippen LogP contribution < -0.4 is 10.1 Å². The molecule has 0 aromatic heterocycles. The molecule has 2 aromatic rings. The lowest BCUT2D eigenvalue weighted by Gasteiger charge is -2.30. The molecule has 1 unspecified atom stereocenters. The van der Waals surface area contributed by atoms with E-state index < -0.39 is 17.8 Å². The van der Waals surface area contributed by atoms with Crippen molar-refractivity contribution in [1.29, 1.82) is 0 Å². The minimum absolute atomic E-state index is 0.0102. The van der Waals surface area contributed by atoms with Crippen LogP contribution in [0.4, 0.5) is 4.39 Å². The number of rotatable bonds is 11. The van der Waals surface area contributed by atoms with Gasteiger partial charge in [-0.2, -0.15) is 0 Å². The predicted molar refractivity (Wildman–Crippen MR) is 116 cm³/mol. The maximum Gasteiger partial charge on any atom is 0.261 e. The van der Waals surface area contributed by atoms with Gasteiger partial charge in [-0.25, -0.2) is 4.39 Å². The largest absolute Gasteiger partial charge is 0.481 e. The van der Waals surface area contributed by atoms with Crippen molar-refractivity contribution in [3.63, 3.8) is 0 Å². The Bertz CT molecular complexity index is 847. The highest BCUT2D eigenvalue weighted by Gasteiger charge is 2.29. The van der Waals surface area contributed by atoms with Crippen LogP contribution in [0, 0.1) is 5.82 Å². The summed E-state index contributed by atoms with van der Waals surface area (Å²) in [5.41, 5.74) is 0.721. The highest BCUT2D eigenvalue weighted by molar-refractivity contribution is 6.31. The van der Waals surface area contributed by atoms with E-state index in [9.17, 15) is 14.0 Å². The molecule has 0 fully saturated rings. The van der Waals surface area contributed by atoms with E-state index in [1.807, 2.05) is 26.0 Å². The quantitative estimate of drug-likeness (QED) is 0.526. The van der Waals surface area contributed by atoms with Crippen molar-refractivity contribution >= 4 is 23.4 Å². The molecule has 0 aliphatic carbocycles. The third-order valence-electron chi connectivity index (χ3n) is 4.70. The molecule has 30 heavy (non-hydrogen) atoms. The lowest BCUT2D eigenvalue weighted by Crippen LogP contribution is -2.50. The fraction of sp³-hybridized carbons (Fsp3) is 0.391. The number of ether oxygens (including phenoxy) is 1. The number of amides is 2. The van der Waals surface area contributed by atoms with E-state index in [0.717, 1.165) is 18.4 Å². The lowest BCUT2D eigenvalue weighted by atomic mass is 10.1. The van der Waals surface area contributed by atoms with Crippen molar-refractivity contribution in [3.8, 4) is 5.75 Å². The Labute approximate surface area is 182 Å². The highest BCUT2D eigenvalue weighted by Crippen LogP contribution is 2.21. The molecule has 0 spiro atoms. The molecule has 0 saturated carbocycles. The normalized spacial score (nSPS) is 11.6. The van der Waals surface area contributed by atoms with Crippen LogP contribution in [0.5, 0.6) is 5.75 Å². The summed E-state index contributed by atoms with van der Waals surface area (Å²) in [7, 11) is 0. The summed E-state index contributed by atoms with van der Waals surface area (Å²) in [6, 6.07) is 12.4. The standard InChI is InChI=1S/C23H28ClFN2O3/c1-3-5-14-26-23(29)20(4-2)27(15-17-10-6-7-11-18(17)24)22(28)16-30-21-13-9-8-12-19(21)25/h6-13,20H,3-5,14-16H2,1-2H3,(H,26,29). The summed E-state index contributed by atoms with van der Waals surface area (Å²) in [4.78, 5) is 27.2. The fourth-order valence-corrected chi connectivity index (χ4v) is 3.22. The van der Waals surface area contributed by atoms with Gasteiger partial charge >= 0.3 is 0 Å². The summed E-state index contributed by atoms with van der Waals surface area (Å²) in [6.45, 7) is 4.19. The van der Waals surface area contributed by atoms with Gasteiger partial charge in [0, 0.05) is 18.1 Å². The topological polar surface area (TPSA) is 58.6 Å². The van der Waals surface area contributed by atoms with Gasteiger partial charge in [0.2, 0.25) is 5.91 Å². The average molecular weight is 435 g/mol. The van der Waals surface area contributed by atoms with Gasteiger partial charge in [0.05, 0.1) is 0 Å². The number of para-hydroxylation sites is 1. The second kappa shape index (κ2) is 12.2. The number of hydrogen-bond acceptors (Lipinski definition) is 3. The molecule has 0 heterocycles. The van der Waals surface area contributed by atoms with Crippen molar-refractivity contribution in [2.24, 2.45) is 0 Å². The number of halogens is 2. The number of nitrogens with zero attached hydrogens (tertiary/aromatic N) is 1. The predicted octanol–water partition coefficient (Wildman–Crippen LogP) is 4.58. The molecule has 1 N–H and O–H groups in total. The zero-order valence-corrected chi connectivity index (χ0v) is 18.1. The zero-order valence-electron chi connectivity index (χ0n) is 17.4. The molecule has 1 atom stereocenters. The molecule has 2 rings (SSSR count). The molecular formula is C23H28ClFN2O3. The molecule has 0 saturated heterocycles. The molecule has 0 aliphatic rings. The minimum Gasteiger partial charge on any atom is -0.481 e. The second-order valence-corrected chi connectivity index (χ2v) is 7.31. The number of unbranched alkanes of at least 4 members (excludes halogenated alkanes) is 1. The Balaban J connectivity index is 2.20. The van der Waals surface area contributed by atoms with E-state index in [4.69, 9.17) is 16.3 Å². The molecular weight excluding hydrogens is 407 g/mol. The van der Waals surface area contributed by atoms with Crippen molar-refractivity contribution < 1.29 is 18.7 Å². The smallest absolute Gasteiger partial charge is 0.261 e. The maximum atomic E-state index is 13.8. The van der Waals surface area contributed by atoms with Crippen molar-refractivity contribution in [2.45, 2.75) is 45.7 Å². The Morgan fingerprint density at radius 1 is 1.13 bits per heavy atom. The van der Waals surface area contributed by atoms with E-state index in [0.29, 0.717) is 18.0 Å². The maximum absolute atomic E-state index is 13.8. The van der Waals surface area contributed by atoms with Crippen molar-refractivity contribution in [1.82, 2.24) is 10.2 Å². The van der Waals surface area contributed by atoms with Crippen LogP contribution in [0.25, 0.3) is 0 Å². The molecule has 2 amide bonds. The van der Waals surface area contributed by atoms with Gasteiger partial charge in [0.15, 0.2) is 18.2 Å². The van der Waals surface area contributed by atoms with Crippen molar-refractivity contribution in [3.05, 3.63) is 64.9 Å². The van der Waals surface area contributed by atoms with Crippen LogP contribution in [0.2, 0.25) is 5.02 Å². The van der Waals surface area contributed by atoms with Crippen molar-refractivity contribution in [2.75, 3.05) is 13.2 Å². The van der Waals surface area contributed by atoms with Gasteiger partial charge in [-0.15, -0.1) is 0 Å². The average Bonchev–Trinajstić information content (AvgIpc) is 2.74. The van der Waals surface area contributed by atoms with E-state index in [2.05, 4.69) is 5.32 Å². The first-order valence-electron chi connectivity index (χ1n) is 10.2. The van der Waals surface area contributed by atoms with Crippen LogP contribution in [-0.2, 0) is 16.1 Å². The van der Waals surface area contributed by atoms with Gasteiger partial charge in [0.25, 0.3) is 5.91 Å². The first-order valence-corrected chi connectivity index (χ1v) is 10.5. The molecule has 162 valence electrons. The molecule has 0 aliphatic heterocycles. The highest BCUT2D eigenvalue weighted by atomic mass is 35.5. The number of hydrogen-bond donors (Lipinski definition) is 1. The first kappa shape index (κ1) is 23.7. The first-order chi connectivity index (χ1) is 14.5. The molecule has 5 nitrogen and oxygen atoms in total. The third kappa shape index (κ3) is 6.73. The Morgan fingerprint density at radius 3 is 2.50 bits per heavy atom. The Morgan fingerprint density at radius 2 is 1.83 bits per heavy atom. The van der Waals surface area contributed by atoms with Crippen LogP contribution in [-0.4, -0.2) is 35.9 Å². The number of benzene rings is 2. The van der Waals surface area contributed by atoms with E-state index >= 15 is 0 Å². The lowest BCUT2D eigenvalue weighted by molar-refractivity contribution is -0.143. The number of carbonyl (C=O) groups is 2. The van der Waals surface area contributed by atoms with E-state index in [-0.39, 0.29) is 24.8 Å². The summed E-state index contributed by atoms with van der Waals surface area (Å²) in [5, 5.41) is 3.39. The van der Waals surface area contributed by atoms with Crippen LogP contribution in [0.3, 0.4) is 0 Å². The molecule has 0 radical (unpaired) electrons. The summed E-state index contributed by atoms with van der Waals surface area (Å²) < 4.78 is 19.2. The van der Waals surface area contributed by atoms with Gasteiger partial charge in [0.1, 0.15) is 6.04 Å². The minimum atomic E-state index is -0.685. The third-order valence-corrected chi connectivity index (χ3v) is 5.07. The summed E-state index contributed by atoms with van der Waals surface area (Å²) >= 11 is 6.28. The molecule has 2 aromatic carbocycles. The Hall–Kier alpha value is -2.60. The summed E-state index contributed by atoms with van der Waals surface area (Å²) in [5.74, 6) is -1.20. The number of carbonyl (C=O) groups excluding carboxylic acids is 2. The van der Waals surface area contributed by atoms with Gasteiger partial charge < -0.3 is 15.0 Å². The van der Waals surface area contributed by atoms with Crippen LogP contribution in [0.1, 0.15) is 38.7 Å². The van der Waals surface area contributed by atoms with Gasteiger partial charge in [-0.3, -0.25) is 9.59 Å². The van der Waals surface area contributed by atoms with Gasteiger partial charge in [-0.1, -0.05) is 62.2 Å². The van der Waals surface area contributed by atoms with Gasteiger partial charge in [-0.05, 0) is 36.6 Å². The summed E-state index contributed by atoms with van der Waals surface area (Å²) in [6.07, 6.45) is 2.24. The van der Waals surface area contributed by atoms with E-state index in [1.165, 1.54) is 17.0 Å². The van der Waals surface area contributed by atoms with Crippen LogP contribution in [0.15, 0.2) is 48.5 Å². The fourth-order valence-electron chi connectivity index (χ4n) is 3.02. The second-order valence-electron chi connectivity index (χ2n) is 6.90. The van der Waals surface area contributed by atoms with E-state index in [1.54, 1.807) is 24.3 Å². The van der Waals surface area contributed by atoms with Crippen LogP contribution >= 0.6 is 11.6 Å². The monoisotopic (exact) mass is 434 g/mol. The zero-order chi connectivity index (χ0) is 21.9. The number of nitrogens with one attached hydrogen (secondary N) is 1. The Kier molecular flexibility index (Phi) is 9.61. The molecule has 7 heteroatoms. The molecule has 0 bridgehead atoms. The SMILES string of the molecule is CCCCNC(=O)C(CC)N(Cc1ccccc1Cl)C(=O)COc1ccccc1F.